The van der Waals surface area contributed by atoms with Gasteiger partial charge < -0.3 is 14.7 Å². The Bertz CT molecular complexity index is 2670. The third-order valence-corrected chi connectivity index (χ3v) is 13.1. The Morgan fingerprint density at radius 3 is 1.00 bits per heavy atom. The zero-order chi connectivity index (χ0) is 39.1. The van der Waals surface area contributed by atoms with E-state index in [1.165, 1.54) is 19.6 Å². The molecule has 11 rings (SSSR count). The van der Waals surface area contributed by atoms with Crippen molar-refractivity contribution in [3.8, 4) is 22.3 Å². The molecule has 0 N–H and O–H groups in total. The number of aromatic nitrogens is 2. The number of hydrogen-bond donors (Lipinski definition) is 0. The molecule has 280 valence electrons. The summed E-state index contributed by atoms with van der Waals surface area (Å²) in [6.07, 6.45) is 7.38. The van der Waals surface area contributed by atoms with Gasteiger partial charge in [0, 0.05) is 55.7 Å². The van der Waals surface area contributed by atoms with E-state index in [-0.39, 0.29) is 0 Å². The molecule has 0 saturated carbocycles. The van der Waals surface area contributed by atoms with Gasteiger partial charge in [-0.1, -0.05) is 96.3 Å². The molecule has 0 radical (unpaired) electrons. The third-order valence-electron chi connectivity index (χ3n) is 10.8. The lowest BCUT2D eigenvalue weighted by Gasteiger charge is -2.37. The standard InChI is InChI=1S/C52H35N5S2/c1-5-13-49-45(9-1)56(46-10-2-6-14-50(46)58-49)43-33-42(34-44(35-43)57-47-11-3-7-15-51(47)59-52-16-8-4-12-48(52)57)55(40-21-17-36(18-22-40)38-25-29-53-30-26-38)41-23-19-37(20-24-41)39-27-31-54-32-28-39/h1-35H. The number of para-hydroxylation sites is 4. The number of anilines is 9. The highest BCUT2D eigenvalue weighted by atomic mass is 32.2. The first-order valence-corrected chi connectivity index (χ1v) is 21.2. The van der Waals surface area contributed by atoms with E-state index in [1.54, 1.807) is 0 Å². The molecule has 4 heterocycles. The molecule has 2 aromatic heterocycles. The minimum Gasteiger partial charge on any atom is -0.310 e. The Morgan fingerprint density at radius 1 is 0.322 bits per heavy atom. The Kier molecular flexibility index (Phi) is 8.95. The molecular weight excluding hydrogens is 759 g/mol. The second-order valence-corrected chi connectivity index (χ2v) is 16.5. The minimum absolute atomic E-state index is 1.03. The summed E-state index contributed by atoms with van der Waals surface area (Å²) in [5, 5.41) is 0. The smallest absolute Gasteiger partial charge is 0.0601 e. The number of hydrogen-bond acceptors (Lipinski definition) is 7. The molecule has 0 fully saturated rings. The monoisotopic (exact) mass is 793 g/mol. The zero-order valence-corrected chi connectivity index (χ0v) is 33.4. The lowest BCUT2D eigenvalue weighted by atomic mass is 10.0. The fraction of sp³-hybridized carbons (Fsp3) is 0. The predicted molar refractivity (Wildman–Crippen MR) is 245 cm³/mol. The van der Waals surface area contributed by atoms with Gasteiger partial charge in [-0.3, -0.25) is 9.97 Å². The first-order chi connectivity index (χ1) is 29.2. The fourth-order valence-electron chi connectivity index (χ4n) is 8.07. The Hall–Kier alpha value is -7.06. The van der Waals surface area contributed by atoms with E-state index >= 15 is 0 Å². The zero-order valence-electron chi connectivity index (χ0n) is 31.8. The van der Waals surface area contributed by atoms with Crippen LogP contribution in [0.3, 0.4) is 0 Å². The van der Waals surface area contributed by atoms with Crippen molar-refractivity contribution in [1.82, 2.24) is 9.97 Å². The molecule has 9 aromatic rings. The van der Waals surface area contributed by atoms with Crippen molar-refractivity contribution >= 4 is 74.7 Å². The van der Waals surface area contributed by atoms with Crippen molar-refractivity contribution in [2.45, 2.75) is 19.6 Å². The van der Waals surface area contributed by atoms with Gasteiger partial charge in [-0.2, -0.15) is 0 Å². The molecule has 5 nitrogen and oxygen atoms in total. The largest absolute Gasteiger partial charge is 0.310 e. The van der Waals surface area contributed by atoms with Crippen molar-refractivity contribution in [1.29, 1.82) is 0 Å². The lowest BCUT2D eigenvalue weighted by molar-refractivity contribution is 1.14. The number of rotatable bonds is 7. The van der Waals surface area contributed by atoms with Crippen molar-refractivity contribution < 1.29 is 0 Å². The first-order valence-electron chi connectivity index (χ1n) is 19.5. The molecule has 2 aliphatic rings. The van der Waals surface area contributed by atoms with Crippen LogP contribution in [0.25, 0.3) is 22.3 Å². The number of fused-ring (bicyclic) bond motifs is 4. The highest BCUT2D eigenvalue weighted by Gasteiger charge is 2.29. The van der Waals surface area contributed by atoms with Crippen LogP contribution in [0.4, 0.5) is 51.2 Å². The minimum atomic E-state index is 1.03. The van der Waals surface area contributed by atoms with E-state index < -0.39 is 0 Å². The molecule has 2 aliphatic heterocycles. The normalized spacial score (nSPS) is 12.5. The summed E-state index contributed by atoms with van der Waals surface area (Å²) in [6.45, 7) is 0. The Balaban J connectivity index is 1.16. The summed E-state index contributed by atoms with van der Waals surface area (Å²) in [4.78, 5) is 20.6. The van der Waals surface area contributed by atoms with Gasteiger partial charge in [-0.15, -0.1) is 0 Å². The summed E-state index contributed by atoms with van der Waals surface area (Å²) in [5.41, 5.74) is 14.4. The van der Waals surface area contributed by atoms with Crippen LogP contribution in [-0.2, 0) is 0 Å². The van der Waals surface area contributed by atoms with Crippen LogP contribution in [0.5, 0.6) is 0 Å². The van der Waals surface area contributed by atoms with Gasteiger partial charge in [0.1, 0.15) is 0 Å². The van der Waals surface area contributed by atoms with Crippen LogP contribution >= 0.6 is 23.5 Å². The van der Waals surface area contributed by atoms with E-state index in [1.807, 2.05) is 48.3 Å². The maximum absolute atomic E-state index is 4.25. The molecular formula is C52H35N5S2. The lowest BCUT2D eigenvalue weighted by Crippen LogP contribution is -2.19. The second-order valence-electron chi connectivity index (χ2n) is 14.4. The maximum Gasteiger partial charge on any atom is 0.0601 e. The highest BCUT2D eigenvalue weighted by molar-refractivity contribution is 8.00. The van der Waals surface area contributed by atoms with Gasteiger partial charge >= 0.3 is 0 Å². The summed E-state index contributed by atoms with van der Waals surface area (Å²) in [5.74, 6) is 0. The number of benzene rings is 7. The van der Waals surface area contributed by atoms with Crippen LogP contribution in [-0.4, -0.2) is 9.97 Å². The Morgan fingerprint density at radius 2 is 0.644 bits per heavy atom. The predicted octanol–water partition coefficient (Wildman–Crippen LogP) is 15.1. The van der Waals surface area contributed by atoms with Crippen LogP contribution < -0.4 is 14.7 Å². The van der Waals surface area contributed by atoms with Crippen LogP contribution in [0.2, 0.25) is 0 Å². The summed E-state index contributed by atoms with van der Waals surface area (Å²) >= 11 is 3.65. The van der Waals surface area contributed by atoms with Gasteiger partial charge in [0.25, 0.3) is 0 Å². The maximum atomic E-state index is 4.25. The van der Waals surface area contributed by atoms with Crippen molar-refractivity contribution in [3.63, 3.8) is 0 Å². The van der Waals surface area contributed by atoms with Gasteiger partial charge in [0.05, 0.1) is 39.8 Å². The van der Waals surface area contributed by atoms with E-state index in [9.17, 15) is 0 Å². The quantitative estimate of drug-likeness (QED) is 0.159. The van der Waals surface area contributed by atoms with Gasteiger partial charge in [-0.05, 0) is 138 Å². The van der Waals surface area contributed by atoms with Gasteiger partial charge in [0.15, 0.2) is 0 Å². The summed E-state index contributed by atoms with van der Waals surface area (Å²) in [6, 6.07) is 67.9. The second kappa shape index (κ2) is 15.0. The molecule has 0 unspecified atom stereocenters. The molecule has 7 heteroatoms. The molecule has 0 spiro atoms. The molecule has 0 amide bonds. The molecule has 0 aliphatic carbocycles. The van der Waals surface area contributed by atoms with Gasteiger partial charge in [-0.25, -0.2) is 0 Å². The van der Waals surface area contributed by atoms with Crippen LogP contribution in [0.15, 0.2) is 232 Å². The molecule has 0 atom stereocenters. The average molecular weight is 794 g/mol. The van der Waals surface area contributed by atoms with Crippen LogP contribution in [0.1, 0.15) is 0 Å². The van der Waals surface area contributed by atoms with Crippen LogP contribution in [0, 0.1) is 0 Å². The van der Waals surface area contributed by atoms with E-state index in [4.69, 9.17) is 0 Å². The summed E-state index contributed by atoms with van der Waals surface area (Å²) < 4.78 is 0. The van der Waals surface area contributed by atoms with E-state index in [0.29, 0.717) is 0 Å². The molecule has 59 heavy (non-hydrogen) atoms. The number of nitrogens with zero attached hydrogens (tertiary/aromatic N) is 5. The van der Waals surface area contributed by atoms with E-state index in [0.717, 1.165) is 73.4 Å². The van der Waals surface area contributed by atoms with Crippen molar-refractivity contribution in [3.05, 3.63) is 213 Å². The first kappa shape index (κ1) is 35.1. The SMILES string of the molecule is c1ccc2c(c1)Sc1ccccc1N2c1cc(N(c2ccc(-c3ccncc3)cc2)c2ccc(-c3ccncc3)cc2)cc(N2c3ccccc3Sc3ccccc32)c1. The number of pyridine rings is 2. The molecule has 7 aromatic carbocycles. The Labute approximate surface area is 352 Å². The molecule has 0 bridgehead atoms. The van der Waals surface area contributed by atoms with Crippen molar-refractivity contribution in [2.75, 3.05) is 14.7 Å². The topological polar surface area (TPSA) is 35.5 Å². The van der Waals surface area contributed by atoms with Crippen molar-refractivity contribution in [2.24, 2.45) is 0 Å². The highest BCUT2D eigenvalue weighted by Crippen LogP contribution is 2.56. The van der Waals surface area contributed by atoms with E-state index in [2.05, 4.69) is 213 Å². The fourth-order valence-corrected chi connectivity index (χ4v) is 10.2. The average Bonchev–Trinajstić information content (AvgIpc) is 3.31. The van der Waals surface area contributed by atoms with Gasteiger partial charge in [0.2, 0.25) is 0 Å². The summed E-state index contributed by atoms with van der Waals surface area (Å²) in [7, 11) is 0. The third kappa shape index (κ3) is 6.51. The molecule has 0 saturated heterocycles.